The fourth-order valence-electron chi connectivity index (χ4n) is 2.06. The van der Waals surface area contributed by atoms with Gasteiger partial charge in [-0.1, -0.05) is 17.3 Å². The second-order valence-corrected chi connectivity index (χ2v) is 4.95. The van der Waals surface area contributed by atoms with Crippen LogP contribution in [0.5, 0.6) is 0 Å². The smallest absolute Gasteiger partial charge is 0.258 e. The standard InChI is InChI=1S/C16H14FN3O/c1-9-4-6-12(17)8-13(9)15-19-16(21-20-15)11-5-3-10(2)14(18)7-11/h3-8H,18H2,1-2H3. The first-order valence-electron chi connectivity index (χ1n) is 6.51. The largest absolute Gasteiger partial charge is 0.398 e. The summed E-state index contributed by atoms with van der Waals surface area (Å²) < 4.78 is 18.6. The summed E-state index contributed by atoms with van der Waals surface area (Å²) in [7, 11) is 0. The third kappa shape index (κ3) is 2.50. The first-order chi connectivity index (χ1) is 10.0. The van der Waals surface area contributed by atoms with E-state index >= 15 is 0 Å². The quantitative estimate of drug-likeness (QED) is 0.727. The van der Waals surface area contributed by atoms with E-state index in [0.29, 0.717) is 23.0 Å². The SMILES string of the molecule is Cc1ccc(-c2nc(-c3cc(F)ccc3C)no2)cc1N. The lowest BCUT2D eigenvalue weighted by molar-refractivity contribution is 0.432. The molecule has 0 aliphatic rings. The van der Waals surface area contributed by atoms with Gasteiger partial charge in [0.15, 0.2) is 0 Å². The van der Waals surface area contributed by atoms with Crippen LogP contribution >= 0.6 is 0 Å². The van der Waals surface area contributed by atoms with E-state index in [9.17, 15) is 4.39 Å². The van der Waals surface area contributed by atoms with Gasteiger partial charge in [-0.25, -0.2) is 4.39 Å². The van der Waals surface area contributed by atoms with Crippen molar-refractivity contribution < 1.29 is 8.91 Å². The predicted octanol–water partition coefficient (Wildman–Crippen LogP) is 3.74. The monoisotopic (exact) mass is 283 g/mol. The molecule has 1 heterocycles. The Labute approximate surface area is 121 Å². The van der Waals surface area contributed by atoms with Crippen LogP contribution in [0.4, 0.5) is 10.1 Å². The maximum Gasteiger partial charge on any atom is 0.258 e. The molecule has 0 unspecified atom stereocenters. The molecule has 0 saturated carbocycles. The summed E-state index contributed by atoms with van der Waals surface area (Å²) in [4.78, 5) is 4.32. The Morgan fingerprint density at radius 2 is 1.81 bits per heavy atom. The van der Waals surface area contributed by atoms with E-state index < -0.39 is 0 Å². The van der Waals surface area contributed by atoms with E-state index in [-0.39, 0.29) is 5.82 Å². The van der Waals surface area contributed by atoms with Crippen LogP contribution in [-0.4, -0.2) is 10.1 Å². The Balaban J connectivity index is 2.03. The zero-order valence-electron chi connectivity index (χ0n) is 11.7. The van der Waals surface area contributed by atoms with Gasteiger partial charge in [0.1, 0.15) is 5.82 Å². The van der Waals surface area contributed by atoms with Gasteiger partial charge in [0.2, 0.25) is 5.82 Å². The van der Waals surface area contributed by atoms with Crippen LogP contribution in [0.1, 0.15) is 11.1 Å². The number of nitrogens with two attached hydrogens (primary N) is 1. The normalized spacial score (nSPS) is 10.8. The number of anilines is 1. The lowest BCUT2D eigenvalue weighted by Crippen LogP contribution is -1.90. The van der Waals surface area contributed by atoms with Gasteiger partial charge in [-0.15, -0.1) is 0 Å². The Kier molecular flexibility index (Phi) is 3.17. The Hall–Kier alpha value is -2.69. The van der Waals surface area contributed by atoms with Crippen LogP contribution in [0.2, 0.25) is 0 Å². The molecule has 0 spiro atoms. The second kappa shape index (κ2) is 5.01. The van der Waals surface area contributed by atoms with Crippen molar-refractivity contribution in [3.63, 3.8) is 0 Å². The molecule has 0 radical (unpaired) electrons. The number of hydrogen-bond donors (Lipinski definition) is 1. The average molecular weight is 283 g/mol. The van der Waals surface area contributed by atoms with Crippen molar-refractivity contribution >= 4 is 5.69 Å². The van der Waals surface area contributed by atoms with Gasteiger partial charge in [0.05, 0.1) is 0 Å². The van der Waals surface area contributed by atoms with Crippen molar-refractivity contribution in [3.05, 3.63) is 53.3 Å². The van der Waals surface area contributed by atoms with Gasteiger partial charge in [-0.2, -0.15) is 4.98 Å². The molecule has 0 atom stereocenters. The molecule has 1 aromatic heterocycles. The topological polar surface area (TPSA) is 64.9 Å². The predicted molar refractivity (Wildman–Crippen MR) is 79.0 cm³/mol. The lowest BCUT2D eigenvalue weighted by atomic mass is 10.1. The molecule has 2 aromatic carbocycles. The molecule has 0 aliphatic carbocycles. The first kappa shape index (κ1) is 13.3. The molecule has 0 fully saturated rings. The van der Waals surface area contributed by atoms with Gasteiger partial charge >= 0.3 is 0 Å². The lowest BCUT2D eigenvalue weighted by Gasteiger charge is -2.01. The van der Waals surface area contributed by atoms with Crippen molar-refractivity contribution in [3.8, 4) is 22.8 Å². The molecule has 0 bridgehead atoms. The molecule has 0 amide bonds. The Morgan fingerprint density at radius 1 is 1.05 bits per heavy atom. The van der Waals surface area contributed by atoms with Crippen LogP contribution in [-0.2, 0) is 0 Å². The highest BCUT2D eigenvalue weighted by Crippen LogP contribution is 2.26. The van der Waals surface area contributed by atoms with E-state index in [2.05, 4.69) is 10.1 Å². The summed E-state index contributed by atoms with van der Waals surface area (Å²) in [5.74, 6) is 0.392. The van der Waals surface area contributed by atoms with Crippen molar-refractivity contribution in [2.24, 2.45) is 0 Å². The summed E-state index contributed by atoms with van der Waals surface area (Å²) >= 11 is 0. The minimum Gasteiger partial charge on any atom is -0.398 e. The molecule has 21 heavy (non-hydrogen) atoms. The average Bonchev–Trinajstić information content (AvgIpc) is 2.94. The van der Waals surface area contributed by atoms with Crippen LogP contribution in [0.15, 0.2) is 40.9 Å². The molecule has 3 aromatic rings. The van der Waals surface area contributed by atoms with Crippen LogP contribution < -0.4 is 5.73 Å². The highest BCUT2D eigenvalue weighted by molar-refractivity contribution is 5.66. The maximum absolute atomic E-state index is 13.4. The molecular formula is C16H14FN3O. The molecule has 4 nitrogen and oxygen atoms in total. The van der Waals surface area contributed by atoms with Gasteiger partial charge in [0, 0.05) is 16.8 Å². The number of aryl methyl sites for hydroxylation is 2. The molecule has 2 N–H and O–H groups in total. The van der Waals surface area contributed by atoms with Gasteiger partial charge < -0.3 is 10.3 Å². The zero-order valence-corrected chi connectivity index (χ0v) is 11.7. The molecule has 5 heteroatoms. The number of halogens is 1. The van der Waals surface area contributed by atoms with E-state index in [1.807, 2.05) is 26.0 Å². The van der Waals surface area contributed by atoms with E-state index in [1.54, 1.807) is 12.1 Å². The van der Waals surface area contributed by atoms with Gasteiger partial charge in [-0.05, 0) is 49.2 Å². The highest BCUT2D eigenvalue weighted by Gasteiger charge is 2.13. The summed E-state index contributed by atoms with van der Waals surface area (Å²) in [6.45, 7) is 3.79. The molecule has 3 rings (SSSR count). The van der Waals surface area contributed by atoms with Crippen LogP contribution in [0.25, 0.3) is 22.8 Å². The number of benzene rings is 2. The van der Waals surface area contributed by atoms with E-state index in [1.165, 1.54) is 12.1 Å². The van der Waals surface area contributed by atoms with Gasteiger partial charge in [0.25, 0.3) is 5.89 Å². The Morgan fingerprint density at radius 3 is 2.57 bits per heavy atom. The minimum absolute atomic E-state index is 0.332. The summed E-state index contributed by atoms with van der Waals surface area (Å²) in [5.41, 5.74) is 9.77. The third-order valence-electron chi connectivity index (χ3n) is 3.39. The second-order valence-electron chi connectivity index (χ2n) is 4.95. The minimum atomic E-state index is -0.332. The third-order valence-corrected chi connectivity index (χ3v) is 3.39. The summed E-state index contributed by atoms with van der Waals surface area (Å²) in [6, 6.07) is 10.0. The van der Waals surface area contributed by atoms with Crippen molar-refractivity contribution in [1.29, 1.82) is 0 Å². The summed E-state index contributed by atoms with van der Waals surface area (Å²) in [6.07, 6.45) is 0. The number of nitrogens with zero attached hydrogens (tertiary/aromatic N) is 2. The number of nitrogen functional groups attached to an aromatic ring is 1. The number of rotatable bonds is 2. The highest BCUT2D eigenvalue weighted by atomic mass is 19.1. The fraction of sp³-hybridized carbons (Fsp3) is 0.125. The van der Waals surface area contributed by atoms with Crippen molar-refractivity contribution in [1.82, 2.24) is 10.1 Å². The molecule has 0 aliphatic heterocycles. The zero-order chi connectivity index (χ0) is 15.0. The molecular weight excluding hydrogens is 269 g/mol. The van der Waals surface area contributed by atoms with Crippen LogP contribution in [0, 0.1) is 19.7 Å². The van der Waals surface area contributed by atoms with Gasteiger partial charge in [-0.3, -0.25) is 0 Å². The van der Waals surface area contributed by atoms with Crippen molar-refractivity contribution in [2.75, 3.05) is 5.73 Å². The van der Waals surface area contributed by atoms with E-state index in [4.69, 9.17) is 10.3 Å². The van der Waals surface area contributed by atoms with Crippen molar-refractivity contribution in [2.45, 2.75) is 13.8 Å². The van der Waals surface area contributed by atoms with Crippen LogP contribution in [0.3, 0.4) is 0 Å². The number of aromatic nitrogens is 2. The molecule has 0 saturated heterocycles. The molecule has 106 valence electrons. The number of hydrogen-bond acceptors (Lipinski definition) is 4. The summed E-state index contributed by atoms with van der Waals surface area (Å²) in [5, 5.41) is 3.92. The van der Waals surface area contributed by atoms with E-state index in [0.717, 1.165) is 16.7 Å². The Bertz CT molecular complexity index is 811. The first-order valence-corrected chi connectivity index (χ1v) is 6.51. The fourth-order valence-corrected chi connectivity index (χ4v) is 2.06. The maximum atomic E-state index is 13.4.